The first-order chi connectivity index (χ1) is 9.96. The maximum atomic E-state index is 12.3. The quantitative estimate of drug-likeness (QED) is 0.873. The number of aromatic nitrogens is 1. The maximum Gasteiger partial charge on any atom is 0.573 e. The van der Waals surface area contributed by atoms with E-state index in [-0.39, 0.29) is 28.4 Å². The third-order valence-electron chi connectivity index (χ3n) is 2.82. The summed E-state index contributed by atoms with van der Waals surface area (Å²) in [5.74, 6) is -0.713. The van der Waals surface area contributed by atoms with E-state index in [0.717, 1.165) is 11.3 Å². The number of hydrogen-bond donors (Lipinski definition) is 2. The van der Waals surface area contributed by atoms with Crippen LogP contribution in [0, 0.1) is 12.3 Å². The average Bonchev–Trinajstić information content (AvgIpc) is 2.59. The van der Waals surface area contributed by atoms with Crippen molar-refractivity contribution in [2.75, 3.05) is 5.75 Å². The number of rotatable bonds is 4. The Labute approximate surface area is 127 Å². The molecular weight excluding hydrogens is 343 g/mol. The van der Waals surface area contributed by atoms with Crippen LogP contribution in [-0.4, -0.2) is 25.1 Å². The van der Waals surface area contributed by atoms with E-state index in [2.05, 4.69) is 4.74 Å². The van der Waals surface area contributed by atoms with Gasteiger partial charge in [-0.2, -0.15) is 0 Å². The van der Waals surface area contributed by atoms with E-state index in [0.29, 0.717) is 10.2 Å². The molecule has 0 saturated carbocycles. The van der Waals surface area contributed by atoms with Gasteiger partial charge >= 0.3 is 6.36 Å². The minimum atomic E-state index is -4.80. The molecule has 3 N–H and O–H groups in total. The lowest BCUT2D eigenvalue weighted by Crippen LogP contribution is -2.24. The zero-order chi connectivity index (χ0) is 16.7. The SMILES string of the molecule is Cc1cc2c(cc1OC(F)(F)F)sc(=N)n2CCS(N)(=O)=O. The molecule has 1 aromatic carbocycles. The van der Waals surface area contributed by atoms with E-state index < -0.39 is 16.4 Å². The first-order valence-corrected chi connectivity index (χ1v) is 8.44. The highest BCUT2D eigenvalue weighted by Gasteiger charge is 2.32. The standard InChI is InChI=1S/C11H12F3N3O3S2/c1-6-4-7-9(5-8(6)20-11(12,13)14)21-10(15)17(7)2-3-22(16,18)19/h4-5,15H,2-3H2,1H3,(H2,16,18,19). The molecule has 1 aromatic heterocycles. The van der Waals surface area contributed by atoms with Crippen LogP contribution in [-0.2, 0) is 16.6 Å². The summed E-state index contributed by atoms with van der Waals surface area (Å²) >= 11 is 0.925. The number of hydrogen-bond acceptors (Lipinski definition) is 5. The summed E-state index contributed by atoms with van der Waals surface area (Å²) in [6, 6.07) is 2.61. The molecule has 0 aliphatic heterocycles. The normalized spacial score (nSPS) is 12.8. The minimum Gasteiger partial charge on any atom is -0.405 e. The molecule has 22 heavy (non-hydrogen) atoms. The molecule has 2 rings (SSSR count). The summed E-state index contributed by atoms with van der Waals surface area (Å²) in [6.07, 6.45) is -4.80. The molecule has 0 amide bonds. The Morgan fingerprint density at radius 1 is 1.41 bits per heavy atom. The largest absolute Gasteiger partial charge is 0.573 e. The summed E-state index contributed by atoms with van der Waals surface area (Å²) in [5, 5.41) is 12.7. The van der Waals surface area contributed by atoms with E-state index in [1.807, 2.05) is 0 Å². The molecule has 0 saturated heterocycles. The Balaban J connectivity index is 2.47. The Morgan fingerprint density at radius 3 is 2.59 bits per heavy atom. The Kier molecular flexibility index (Phi) is 4.24. The number of thiazole rings is 1. The van der Waals surface area contributed by atoms with E-state index in [1.165, 1.54) is 23.6 Å². The third kappa shape index (κ3) is 3.99. The van der Waals surface area contributed by atoms with Crippen molar-refractivity contribution in [3.63, 3.8) is 0 Å². The van der Waals surface area contributed by atoms with Crippen molar-refractivity contribution in [3.05, 3.63) is 22.5 Å². The van der Waals surface area contributed by atoms with E-state index >= 15 is 0 Å². The molecule has 0 spiro atoms. The lowest BCUT2D eigenvalue weighted by molar-refractivity contribution is -0.274. The number of fused-ring (bicyclic) bond motifs is 1. The number of benzene rings is 1. The van der Waals surface area contributed by atoms with Gasteiger partial charge in [0, 0.05) is 12.6 Å². The first-order valence-electron chi connectivity index (χ1n) is 5.91. The number of halogens is 3. The highest BCUT2D eigenvalue weighted by Crippen LogP contribution is 2.31. The van der Waals surface area contributed by atoms with Crippen molar-refractivity contribution in [2.24, 2.45) is 5.14 Å². The van der Waals surface area contributed by atoms with Crippen LogP contribution in [0.1, 0.15) is 5.56 Å². The third-order valence-corrected chi connectivity index (χ3v) is 4.54. The molecule has 0 aliphatic carbocycles. The summed E-state index contributed by atoms with van der Waals surface area (Å²) < 4.78 is 64.7. The molecule has 0 atom stereocenters. The van der Waals surface area contributed by atoms with Crippen LogP contribution in [0.3, 0.4) is 0 Å². The number of nitrogens with two attached hydrogens (primary N) is 1. The predicted molar refractivity (Wildman–Crippen MR) is 75.1 cm³/mol. The van der Waals surface area contributed by atoms with Crippen molar-refractivity contribution in [1.29, 1.82) is 5.41 Å². The van der Waals surface area contributed by atoms with E-state index in [4.69, 9.17) is 10.5 Å². The van der Waals surface area contributed by atoms with Crippen LogP contribution in [0.2, 0.25) is 0 Å². The van der Waals surface area contributed by atoms with Gasteiger partial charge in [-0.15, -0.1) is 13.2 Å². The molecule has 6 nitrogen and oxygen atoms in total. The van der Waals surface area contributed by atoms with Gasteiger partial charge in [-0.05, 0) is 18.6 Å². The van der Waals surface area contributed by atoms with Crippen LogP contribution >= 0.6 is 11.3 Å². The second-order valence-electron chi connectivity index (χ2n) is 4.56. The molecule has 0 aliphatic rings. The fourth-order valence-corrected chi connectivity index (χ4v) is 3.28. The number of aryl methyl sites for hydroxylation is 2. The molecule has 1 heterocycles. The second kappa shape index (κ2) is 5.56. The maximum absolute atomic E-state index is 12.3. The number of nitrogens with one attached hydrogen (secondary N) is 1. The average molecular weight is 355 g/mol. The number of nitrogens with zero attached hydrogens (tertiary/aromatic N) is 1. The van der Waals surface area contributed by atoms with E-state index in [1.54, 1.807) is 0 Å². The van der Waals surface area contributed by atoms with Gasteiger partial charge in [-0.1, -0.05) is 11.3 Å². The van der Waals surface area contributed by atoms with Crippen LogP contribution in [0.15, 0.2) is 12.1 Å². The summed E-state index contributed by atoms with van der Waals surface area (Å²) in [6.45, 7) is 1.39. The summed E-state index contributed by atoms with van der Waals surface area (Å²) in [4.78, 5) is 0.0159. The molecule has 2 aromatic rings. The second-order valence-corrected chi connectivity index (χ2v) is 7.32. The number of ether oxygens (including phenoxy) is 1. The van der Waals surface area contributed by atoms with Crippen molar-refractivity contribution in [1.82, 2.24) is 4.57 Å². The van der Waals surface area contributed by atoms with Crippen LogP contribution in [0.5, 0.6) is 5.75 Å². The van der Waals surface area contributed by atoms with Gasteiger partial charge < -0.3 is 9.30 Å². The highest BCUT2D eigenvalue weighted by molar-refractivity contribution is 7.89. The van der Waals surface area contributed by atoms with Gasteiger partial charge in [0.25, 0.3) is 0 Å². The van der Waals surface area contributed by atoms with Crippen molar-refractivity contribution >= 4 is 31.6 Å². The van der Waals surface area contributed by atoms with Gasteiger partial charge in [0.15, 0.2) is 4.80 Å². The van der Waals surface area contributed by atoms with Crippen LogP contribution < -0.4 is 14.7 Å². The summed E-state index contributed by atoms with van der Waals surface area (Å²) in [7, 11) is -3.70. The van der Waals surface area contributed by atoms with Gasteiger partial charge in [0.2, 0.25) is 10.0 Å². The lowest BCUT2D eigenvalue weighted by atomic mass is 10.2. The predicted octanol–water partition coefficient (Wildman–Crippen LogP) is 1.68. The smallest absolute Gasteiger partial charge is 0.405 e. The molecule has 0 bridgehead atoms. The zero-order valence-electron chi connectivity index (χ0n) is 11.3. The molecule has 0 unspecified atom stereocenters. The van der Waals surface area contributed by atoms with Crippen molar-refractivity contribution in [2.45, 2.75) is 19.8 Å². The fourth-order valence-electron chi connectivity index (χ4n) is 1.89. The Hall–Kier alpha value is -1.59. The van der Waals surface area contributed by atoms with E-state index in [9.17, 15) is 21.6 Å². The van der Waals surface area contributed by atoms with Crippen molar-refractivity contribution < 1.29 is 26.3 Å². The van der Waals surface area contributed by atoms with Gasteiger partial charge in [-0.3, -0.25) is 5.41 Å². The van der Waals surface area contributed by atoms with Gasteiger partial charge in [-0.25, -0.2) is 13.6 Å². The number of primary sulfonamides is 1. The lowest BCUT2D eigenvalue weighted by Gasteiger charge is -2.12. The minimum absolute atomic E-state index is 0.0159. The number of alkyl halides is 3. The summed E-state index contributed by atoms with van der Waals surface area (Å²) in [5.41, 5.74) is 0.692. The van der Waals surface area contributed by atoms with Crippen LogP contribution in [0.4, 0.5) is 13.2 Å². The van der Waals surface area contributed by atoms with Crippen molar-refractivity contribution in [3.8, 4) is 5.75 Å². The fraction of sp³-hybridized carbons (Fsp3) is 0.364. The van der Waals surface area contributed by atoms with Crippen LogP contribution in [0.25, 0.3) is 10.2 Å². The van der Waals surface area contributed by atoms with Gasteiger partial charge in [0.1, 0.15) is 5.75 Å². The van der Waals surface area contributed by atoms with Gasteiger partial charge in [0.05, 0.1) is 16.0 Å². The monoisotopic (exact) mass is 355 g/mol. The molecule has 122 valence electrons. The number of sulfonamides is 1. The first kappa shape index (κ1) is 16.8. The molecule has 11 heteroatoms. The molecule has 0 fully saturated rings. The zero-order valence-corrected chi connectivity index (χ0v) is 12.9. The highest BCUT2D eigenvalue weighted by atomic mass is 32.2. The molecule has 0 radical (unpaired) electrons. The molecular formula is C11H12F3N3O3S2. The topological polar surface area (TPSA) is 98.2 Å². The Morgan fingerprint density at radius 2 is 2.05 bits per heavy atom. The Bertz CT molecular complexity index is 868.